The van der Waals surface area contributed by atoms with Crippen LogP contribution < -0.4 is 0 Å². The Hall–Kier alpha value is -2.99. The molecule has 0 saturated carbocycles. The molecule has 0 amide bonds. The Balaban J connectivity index is -0.000000179. The summed E-state index contributed by atoms with van der Waals surface area (Å²) in [6.07, 6.45) is 3.35. The predicted molar refractivity (Wildman–Crippen MR) is 276 cm³/mol. The summed E-state index contributed by atoms with van der Waals surface area (Å²) in [5.41, 5.74) is 18.7. The van der Waals surface area contributed by atoms with Crippen molar-refractivity contribution in [2.75, 3.05) is 84.6 Å². The first-order valence-electron chi connectivity index (χ1n) is 19.9. The van der Waals surface area contributed by atoms with Crippen LogP contribution in [0, 0.1) is 83.1 Å². The van der Waals surface area contributed by atoms with E-state index >= 15 is 0 Å². The largest absolute Gasteiger partial charge is 4.00 e. The standard InChI is InChI=1S/2C19H23N2.6C2H6N.2Ti/c2*1-12-7-14(3)18(15(4)8-12)20-11-21-19-16(5)9-13(2)10-17(19)6;6*1-3-2;;/h2*7-11H,1-6H3;6*1-2H3;;/q8*-1;2*+4. The molecule has 0 aliphatic rings. The van der Waals surface area contributed by atoms with Gasteiger partial charge in [0.05, 0.1) is 0 Å². The second kappa shape index (κ2) is 44.6. The number of aliphatic imine (C=N–C) groups is 2. The van der Waals surface area contributed by atoms with Crippen molar-refractivity contribution in [3.63, 3.8) is 0 Å². The average molecular weight is 919 g/mol. The molecule has 0 N–H and O–H groups in total. The fourth-order valence-electron chi connectivity index (χ4n) is 5.79. The Kier molecular flexibility index (Phi) is 50.8. The summed E-state index contributed by atoms with van der Waals surface area (Å²) >= 11 is 0. The summed E-state index contributed by atoms with van der Waals surface area (Å²) in [4.78, 5) is 9.11. The summed E-state index contributed by atoms with van der Waals surface area (Å²) in [6.45, 7) is 25.2. The molecule has 4 aromatic rings. The van der Waals surface area contributed by atoms with E-state index in [-0.39, 0.29) is 43.4 Å². The van der Waals surface area contributed by atoms with Gasteiger partial charge < -0.3 is 52.5 Å². The van der Waals surface area contributed by atoms with Gasteiger partial charge in [-0.2, -0.15) is 84.6 Å². The van der Waals surface area contributed by atoms with E-state index in [0.29, 0.717) is 0 Å². The normalized spacial score (nSPS) is 9.29. The number of aryl methyl sites for hydroxylation is 12. The second-order valence-corrected chi connectivity index (χ2v) is 14.4. The minimum atomic E-state index is 0. The Morgan fingerprint density at radius 3 is 0.597 bits per heavy atom. The first-order chi connectivity index (χ1) is 28.2. The van der Waals surface area contributed by atoms with Crippen molar-refractivity contribution in [2.45, 2.75) is 83.1 Å². The molecule has 4 rings (SSSR count). The zero-order chi connectivity index (χ0) is 47.4. The van der Waals surface area contributed by atoms with Gasteiger partial charge in [0.1, 0.15) is 0 Å². The number of benzene rings is 4. The third-order valence-electron chi connectivity index (χ3n) is 7.29. The van der Waals surface area contributed by atoms with Crippen molar-refractivity contribution >= 4 is 35.4 Å². The zero-order valence-corrected chi connectivity index (χ0v) is 46.4. The molecule has 62 heavy (non-hydrogen) atoms. The molecule has 0 fully saturated rings. The van der Waals surface area contributed by atoms with E-state index in [1.165, 1.54) is 66.8 Å². The minimum absolute atomic E-state index is 0. The average Bonchev–Trinajstić information content (AvgIpc) is 3.11. The van der Waals surface area contributed by atoms with Gasteiger partial charge in [0.25, 0.3) is 0 Å². The Bertz CT molecular complexity index is 1540. The zero-order valence-electron chi connectivity index (χ0n) is 43.2. The first-order valence-corrected chi connectivity index (χ1v) is 19.9. The van der Waals surface area contributed by atoms with Crippen LogP contribution in [0.2, 0.25) is 0 Å². The fourth-order valence-corrected chi connectivity index (χ4v) is 5.79. The summed E-state index contributed by atoms with van der Waals surface area (Å²) < 4.78 is 0. The Morgan fingerprint density at radius 2 is 0.435 bits per heavy atom. The van der Waals surface area contributed by atoms with E-state index in [0.717, 1.165) is 22.7 Å². The van der Waals surface area contributed by atoms with Gasteiger partial charge in [-0.1, -0.05) is 83.5 Å². The molecule has 10 nitrogen and oxygen atoms in total. The smallest absolute Gasteiger partial charge is 0.668 e. The molecule has 0 spiro atoms. The molecule has 0 bridgehead atoms. The molecule has 0 saturated heterocycles. The summed E-state index contributed by atoms with van der Waals surface area (Å²) in [6, 6.07) is 17.2. The summed E-state index contributed by atoms with van der Waals surface area (Å²) in [5, 5.41) is 30.1. The van der Waals surface area contributed by atoms with Crippen molar-refractivity contribution < 1.29 is 43.4 Å². The minimum Gasteiger partial charge on any atom is -0.668 e. The van der Waals surface area contributed by atoms with Gasteiger partial charge in [-0.15, -0.1) is 0 Å². The predicted octanol–water partition coefficient (Wildman–Crippen LogP) is 15.5. The van der Waals surface area contributed by atoms with Crippen LogP contribution in [-0.4, -0.2) is 97.2 Å². The summed E-state index contributed by atoms with van der Waals surface area (Å²) in [5.74, 6) is 0. The van der Waals surface area contributed by atoms with Crippen LogP contribution in [0.15, 0.2) is 58.5 Å². The summed E-state index contributed by atoms with van der Waals surface area (Å²) in [7, 11) is 21.0. The molecule has 0 unspecified atom stereocenters. The molecule has 12 heteroatoms. The quantitative estimate of drug-likeness (QED) is 0.103. The van der Waals surface area contributed by atoms with Crippen LogP contribution in [0.25, 0.3) is 42.5 Å². The van der Waals surface area contributed by atoms with Gasteiger partial charge in [0.15, 0.2) is 0 Å². The number of nitrogens with zero attached hydrogens (tertiary/aromatic N) is 10. The van der Waals surface area contributed by atoms with Gasteiger partial charge in [0, 0.05) is 0 Å². The molecule has 0 radical (unpaired) electrons. The van der Waals surface area contributed by atoms with Crippen LogP contribution >= 0.6 is 0 Å². The van der Waals surface area contributed by atoms with Crippen LogP contribution in [0.5, 0.6) is 0 Å². The topological polar surface area (TPSA) is 138 Å². The van der Waals surface area contributed by atoms with Gasteiger partial charge in [-0.05, 0) is 150 Å². The SMILES string of the molecule is C[N-]C.C[N-]C.C[N-]C.C[N-]C.C[N-]C.C[N-]C.Cc1cc(C)c(N=C[N-]c2c(C)cc(C)cc2C)c(C)c1.Cc1cc(C)c(N=C[N-]c2c(C)cc(C)cc2C)c(C)c1.[Ti+4].[Ti+4]. The molecule has 0 aromatic heterocycles. The van der Waals surface area contributed by atoms with Crippen molar-refractivity contribution in [1.82, 2.24) is 0 Å². The monoisotopic (exact) mass is 919 g/mol. The van der Waals surface area contributed by atoms with Gasteiger partial charge in [-0.3, -0.25) is 0 Å². The van der Waals surface area contributed by atoms with E-state index in [1.807, 2.05) is 0 Å². The third kappa shape index (κ3) is 33.6. The van der Waals surface area contributed by atoms with Crippen molar-refractivity contribution in [3.8, 4) is 0 Å². The van der Waals surface area contributed by atoms with Crippen molar-refractivity contribution in [2.24, 2.45) is 9.98 Å². The van der Waals surface area contributed by atoms with Crippen molar-refractivity contribution in [3.05, 3.63) is 158 Å². The van der Waals surface area contributed by atoms with Crippen LogP contribution in [0.3, 0.4) is 0 Å². The molecule has 0 atom stereocenters. The number of hydrogen-bond acceptors (Lipinski definition) is 2. The second-order valence-electron chi connectivity index (χ2n) is 14.4. The van der Waals surface area contributed by atoms with Gasteiger partial charge in [0.2, 0.25) is 0 Å². The van der Waals surface area contributed by atoms with Crippen LogP contribution in [-0.2, 0) is 43.4 Å². The van der Waals surface area contributed by atoms with E-state index in [1.54, 1.807) is 97.2 Å². The van der Waals surface area contributed by atoms with Gasteiger partial charge in [-0.25, -0.2) is 0 Å². The molecule has 0 heterocycles. The fraction of sp³-hybridized carbons (Fsp3) is 0.480. The van der Waals surface area contributed by atoms with E-state index in [4.69, 9.17) is 0 Å². The van der Waals surface area contributed by atoms with Crippen LogP contribution in [0.1, 0.15) is 66.8 Å². The van der Waals surface area contributed by atoms with E-state index in [9.17, 15) is 0 Å². The molecule has 0 aliphatic heterocycles. The first kappa shape index (κ1) is 70.7. The Morgan fingerprint density at radius 1 is 0.290 bits per heavy atom. The van der Waals surface area contributed by atoms with Crippen molar-refractivity contribution in [1.29, 1.82) is 0 Å². The van der Waals surface area contributed by atoms with E-state index < -0.39 is 0 Å². The molecular formula is C50H82N10Ti2. The Labute approximate surface area is 411 Å². The maximum absolute atomic E-state index is 4.55. The van der Waals surface area contributed by atoms with Gasteiger partial charge >= 0.3 is 43.4 Å². The van der Waals surface area contributed by atoms with E-state index in [2.05, 4.69) is 184 Å². The maximum atomic E-state index is 4.55. The number of hydrogen-bond donors (Lipinski definition) is 0. The van der Waals surface area contributed by atoms with Crippen LogP contribution in [0.4, 0.5) is 22.7 Å². The maximum Gasteiger partial charge on any atom is 4.00 e. The number of rotatable bonds is 6. The third-order valence-corrected chi connectivity index (χ3v) is 7.29. The molecule has 4 aromatic carbocycles. The molecular weight excluding hydrogens is 836 g/mol. The molecule has 0 aliphatic carbocycles. The molecule has 340 valence electrons.